The normalized spacial score (nSPS) is 11.6. The number of carbonyl (C=O) groups is 1. The van der Waals surface area contributed by atoms with Gasteiger partial charge in [0.2, 0.25) is 5.91 Å². The topological polar surface area (TPSA) is 84.0 Å². The molecule has 0 aliphatic carbocycles. The molecule has 0 spiro atoms. The molecule has 2 aromatic heterocycles. The van der Waals surface area contributed by atoms with E-state index in [-0.39, 0.29) is 41.1 Å². The molecule has 0 aliphatic rings. The summed E-state index contributed by atoms with van der Waals surface area (Å²) in [6, 6.07) is 7.27. The minimum atomic E-state index is -4.65. The third-order valence-corrected chi connectivity index (χ3v) is 5.42. The second-order valence-corrected chi connectivity index (χ2v) is 8.17. The van der Waals surface area contributed by atoms with Crippen LogP contribution in [0.2, 0.25) is 0 Å². The number of halogens is 3. The van der Waals surface area contributed by atoms with Crippen LogP contribution in [0.4, 0.5) is 13.2 Å². The zero-order chi connectivity index (χ0) is 25.0. The molecule has 0 atom stereocenters. The maximum atomic E-state index is 13.8. The fraction of sp³-hybridized carbons (Fsp3) is 0.417. The summed E-state index contributed by atoms with van der Waals surface area (Å²) >= 11 is 0. The minimum absolute atomic E-state index is 0.00235. The van der Waals surface area contributed by atoms with E-state index >= 15 is 0 Å². The van der Waals surface area contributed by atoms with E-state index in [1.807, 2.05) is 13.0 Å². The van der Waals surface area contributed by atoms with Crippen LogP contribution >= 0.6 is 0 Å². The van der Waals surface area contributed by atoms with Crippen molar-refractivity contribution in [3.05, 3.63) is 41.9 Å². The Hall–Kier alpha value is -3.61. The number of nitrogens with zero attached hydrogens (tertiary/aromatic N) is 5. The molecule has 10 heteroatoms. The average Bonchev–Trinajstić information content (AvgIpc) is 3.18. The highest BCUT2D eigenvalue weighted by molar-refractivity contribution is 5.84. The number of imidazole rings is 1. The van der Waals surface area contributed by atoms with Crippen molar-refractivity contribution in [2.24, 2.45) is 13.0 Å². The summed E-state index contributed by atoms with van der Waals surface area (Å²) in [4.78, 5) is 22.1. The first kappa shape index (κ1) is 25.0. The van der Waals surface area contributed by atoms with E-state index in [0.29, 0.717) is 30.5 Å². The van der Waals surface area contributed by atoms with Crippen molar-refractivity contribution in [3.63, 3.8) is 0 Å². The van der Waals surface area contributed by atoms with Crippen LogP contribution < -0.4 is 4.74 Å². The molecule has 2 heterocycles. The predicted octanol–water partition coefficient (Wildman–Crippen LogP) is 4.80. The fourth-order valence-corrected chi connectivity index (χ4v) is 3.62. The number of aryl methyl sites for hydroxylation is 1. The first-order chi connectivity index (χ1) is 16.1. The number of pyridine rings is 1. The van der Waals surface area contributed by atoms with E-state index in [4.69, 9.17) is 4.74 Å². The number of aromatic nitrogens is 3. The van der Waals surface area contributed by atoms with Crippen molar-refractivity contribution in [2.45, 2.75) is 33.4 Å². The average molecular weight is 473 g/mol. The summed E-state index contributed by atoms with van der Waals surface area (Å²) in [7, 11) is 1.73. The van der Waals surface area contributed by atoms with Crippen LogP contribution in [0, 0.1) is 17.2 Å². The second-order valence-electron chi connectivity index (χ2n) is 8.17. The summed E-state index contributed by atoms with van der Waals surface area (Å²) in [5.74, 6) is -0.444. The number of fused-ring (bicyclic) bond motifs is 1. The van der Waals surface area contributed by atoms with Gasteiger partial charge in [-0.15, -0.1) is 0 Å². The Morgan fingerprint density at radius 3 is 2.65 bits per heavy atom. The highest BCUT2D eigenvalue weighted by atomic mass is 19.4. The molecule has 0 fully saturated rings. The van der Waals surface area contributed by atoms with Gasteiger partial charge in [0.05, 0.1) is 29.7 Å². The minimum Gasteiger partial charge on any atom is -0.493 e. The highest BCUT2D eigenvalue weighted by Gasteiger charge is 2.35. The van der Waals surface area contributed by atoms with Crippen molar-refractivity contribution < 1.29 is 22.7 Å². The van der Waals surface area contributed by atoms with Crippen LogP contribution in [0.15, 0.2) is 30.6 Å². The van der Waals surface area contributed by atoms with E-state index in [0.717, 1.165) is 6.07 Å². The summed E-state index contributed by atoms with van der Waals surface area (Å²) < 4.78 is 48.6. The van der Waals surface area contributed by atoms with Gasteiger partial charge in [-0.2, -0.15) is 18.4 Å². The molecule has 1 amide bonds. The molecule has 1 aromatic carbocycles. The van der Waals surface area contributed by atoms with Gasteiger partial charge in [-0.05, 0) is 37.6 Å². The van der Waals surface area contributed by atoms with E-state index < -0.39 is 11.7 Å². The Balaban J connectivity index is 1.84. The molecule has 34 heavy (non-hydrogen) atoms. The molecule has 0 N–H and O–H groups in total. The second kappa shape index (κ2) is 10.1. The summed E-state index contributed by atoms with van der Waals surface area (Å²) in [6.07, 6.45) is -2.73. The third kappa shape index (κ3) is 5.30. The van der Waals surface area contributed by atoms with Gasteiger partial charge in [0.25, 0.3) is 0 Å². The van der Waals surface area contributed by atoms with Crippen LogP contribution in [0.3, 0.4) is 0 Å². The lowest BCUT2D eigenvalue weighted by Crippen LogP contribution is -2.35. The number of rotatable bonds is 8. The number of nitriles is 1. The highest BCUT2D eigenvalue weighted by Crippen LogP contribution is 2.39. The maximum absolute atomic E-state index is 13.8. The Morgan fingerprint density at radius 1 is 1.29 bits per heavy atom. The number of ether oxygens (including phenoxy) is 1. The quantitative estimate of drug-likeness (QED) is 0.439. The summed E-state index contributed by atoms with van der Waals surface area (Å²) in [5.41, 5.74) is 0.530. The lowest BCUT2D eigenvalue weighted by molar-refractivity contribution is -0.138. The monoisotopic (exact) mass is 473 g/mol. The molecule has 0 unspecified atom stereocenters. The molecule has 0 saturated heterocycles. The molecular weight excluding hydrogens is 447 g/mol. The predicted molar refractivity (Wildman–Crippen MR) is 121 cm³/mol. The van der Waals surface area contributed by atoms with Gasteiger partial charge in [0.15, 0.2) is 5.69 Å². The lowest BCUT2D eigenvalue weighted by atomic mass is 10.1. The van der Waals surface area contributed by atoms with Gasteiger partial charge in [-0.25, -0.2) is 9.97 Å². The van der Waals surface area contributed by atoms with Crippen LogP contribution in [-0.2, 0) is 18.0 Å². The fourth-order valence-electron chi connectivity index (χ4n) is 3.62. The lowest BCUT2D eigenvalue weighted by Gasteiger charge is -2.23. The van der Waals surface area contributed by atoms with Crippen LogP contribution in [-0.4, -0.2) is 45.0 Å². The Bertz CT molecular complexity index is 1230. The first-order valence-corrected chi connectivity index (χ1v) is 10.9. The number of hydrogen-bond acceptors (Lipinski definition) is 5. The molecule has 7 nitrogen and oxygen atoms in total. The molecule has 3 rings (SSSR count). The van der Waals surface area contributed by atoms with Crippen LogP contribution in [0.1, 0.15) is 38.4 Å². The molecule has 0 saturated carbocycles. The smallest absolute Gasteiger partial charge is 0.419 e. The van der Waals surface area contributed by atoms with E-state index in [1.54, 1.807) is 36.4 Å². The van der Waals surface area contributed by atoms with Gasteiger partial charge in [0, 0.05) is 31.6 Å². The van der Waals surface area contributed by atoms with Gasteiger partial charge >= 0.3 is 6.18 Å². The van der Waals surface area contributed by atoms with Crippen molar-refractivity contribution in [1.29, 1.82) is 5.26 Å². The standard InChI is InChI=1S/C24H26F3N5O2/c1-5-32(23(33)15(2)3)9-6-10-34-21-8-7-16(11-17(21)24(25,26)27)18-12-20-22(19(13-28)30-18)29-14-31(20)4/h7-8,11-12,14-15H,5-6,9-10H2,1-4H3. The molecule has 180 valence electrons. The van der Waals surface area contributed by atoms with Crippen LogP contribution in [0.5, 0.6) is 5.75 Å². The zero-order valence-electron chi connectivity index (χ0n) is 19.5. The van der Waals surface area contributed by atoms with Gasteiger partial charge < -0.3 is 14.2 Å². The SMILES string of the molecule is CCN(CCCOc1ccc(-c2cc3c(ncn3C)c(C#N)n2)cc1C(F)(F)F)C(=O)C(C)C. The van der Waals surface area contributed by atoms with E-state index in [9.17, 15) is 23.2 Å². The Labute approximate surface area is 195 Å². The molecule has 0 radical (unpaired) electrons. The zero-order valence-corrected chi connectivity index (χ0v) is 19.5. The Morgan fingerprint density at radius 2 is 2.03 bits per heavy atom. The Kier molecular flexibility index (Phi) is 7.44. The first-order valence-electron chi connectivity index (χ1n) is 10.9. The van der Waals surface area contributed by atoms with Gasteiger partial charge in [-0.3, -0.25) is 4.79 Å². The number of hydrogen-bond donors (Lipinski definition) is 0. The van der Waals surface area contributed by atoms with Crippen molar-refractivity contribution in [3.8, 4) is 23.1 Å². The van der Waals surface area contributed by atoms with Gasteiger partial charge in [0.1, 0.15) is 17.3 Å². The molecular formula is C24H26F3N5O2. The molecule has 3 aromatic rings. The van der Waals surface area contributed by atoms with E-state index in [1.165, 1.54) is 18.5 Å². The molecule has 0 bridgehead atoms. The largest absolute Gasteiger partial charge is 0.493 e. The van der Waals surface area contributed by atoms with E-state index in [2.05, 4.69) is 9.97 Å². The number of amides is 1. The number of benzene rings is 1. The van der Waals surface area contributed by atoms with Crippen molar-refractivity contribution in [2.75, 3.05) is 19.7 Å². The van der Waals surface area contributed by atoms with Crippen molar-refractivity contribution in [1.82, 2.24) is 19.4 Å². The maximum Gasteiger partial charge on any atom is 0.419 e. The van der Waals surface area contributed by atoms with Crippen molar-refractivity contribution >= 4 is 16.9 Å². The molecule has 0 aliphatic heterocycles. The number of alkyl halides is 3. The van der Waals surface area contributed by atoms with Crippen LogP contribution in [0.25, 0.3) is 22.3 Å². The summed E-state index contributed by atoms with van der Waals surface area (Å²) in [5, 5.41) is 9.40. The van der Waals surface area contributed by atoms with Gasteiger partial charge in [-0.1, -0.05) is 13.8 Å². The third-order valence-electron chi connectivity index (χ3n) is 5.42. The summed E-state index contributed by atoms with van der Waals surface area (Å²) in [6.45, 7) is 6.42. The number of carbonyl (C=O) groups excluding carboxylic acids is 1.